The van der Waals surface area contributed by atoms with E-state index in [0.717, 1.165) is 48.1 Å². The smallest absolute Gasteiger partial charge is 0.363 e. The first kappa shape index (κ1) is 32.8. The topological polar surface area (TPSA) is 105 Å². The van der Waals surface area contributed by atoms with Crippen LogP contribution in [0.3, 0.4) is 0 Å². The second-order valence-corrected chi connectivity index (χ2v) is 11.4. The molecule has 12 heteroatoms. The zero-order valence-corrected chi connectivity index (χ0v) is 25.9. The molecule has 242 valence electrons. The number of hydrogen-bond acceptors (Lipinski definition) is 7. The molecule has 3 amide bonds. The summed E-state index contributed by atoms with van der Waals surface area (Å²) in [7, 11) is 2.55. The Labute approximate surface area is 266 Å². The summed E-state index contributed by atoms with van der Waals surface area (Å²) in [6.07, 6.45) is 6.44. The van der Waals surface area contributed by atoms with Crippen molar-refractivity contribution in [2.45, 2.75) is 30.7 Å². The van der Waals surface area contributed by atoms with Crippen molar-refractivity contribution >= 4 is 24.1 Å². The molecule has 2 aliphatic heterocycles. The summed E-state index contributed by atoms with van der Waals surface area (Å²) in [6, 6.07) is 15.5. The fourth-order valence-electron chi connectivity index (χ4n) is 6.62. The number of carbonyl (C=O) groups is 3. The molecule has 2 atom stereocenters. The Morgan fingerprint density at radius 3 is 2.41 bits per heavy atom. The zero-order chi connectivity index (χ0) is 32.7. The molecule has 2 aromatic carbocycles. The van der Waals surface area contributed by atoms with E-state index in [1.54, 1.807) is 6.20 Å². The van der Waals surface area contributed by atoms with Crippen molar-refractivity contribution in [3.8, 4) is 0 Å². The molecule has 5 rings (SSSR count). The zero-order valence-electron chi connectivity index (χ0n) is 25.9. The summed E-state index contributed by atoms with van der Waals surface area (Å²) < 4.78 is 38.5. The highest BCUT2D eigenvalue weighted by Gasteiger charge is 2.47. The number of amides is 3. The van der Waals surface area contributed by atoms with E-state index in [1.165, 1.54) is 31.4 Å². The number of esters is 1. The van der Waals surface area contributed by atoms with E-state index >= 15 is 0 Å². The molecule has 3 heterocycles. The van der Waals surface area contributed by atoms with Crippen molar-refractivity contribution in [1.29, 1.82) is 0 Å². The molecule has 0 radical (unpaired) electrons. The average Bonchev–Trinajstić information content (AvgIpc) is 3.09. The predicted octanol–water partition coefficient (Wildman–Crippen LogP) is 4.56. The van der Waals surface area contributed by atoms with Crippen molar-refractivity contribution < 1.29 is 32.6 Å². The number of hydrogen-bond donors (Lipinski definition) is 0. The summed E-state index contributed by atoms with van der Waals surface area (Å²) in [6.45, 7) is 2.18. The first-order chi connectivity index (χ1) is 22.3. The fraction of sp³-hybridized carbons (Fsp3) is 0.382. The van der Waals surface area contributed by atoms with Crippen LogP contribution in [0.1, 0.15) is 42.0 Å². The first-order valence-corrected chi connectivity index (χ1v) is 15.2. The monoisotopic (exact) mass is 633 g/mol. The second-order valence-electron chi connectivity index (χ2n) is 11.4. The van der Waals surface area contributed by atoms with Crippen LogP contribution in [0.25, 0.3) is 0 Å². The van der Waals surface area contributed by atoms with Gasteiger partial charge >= 0.3 is 12.0 Å². The molecule has 0 aliphatic carbocycles. The van der Waals surface area contributed by atoms with Crippen LogP contribution in [-0.2, 0) is 24.5 Å². The van der Waals surface area contributed by atoms with Gasteiger partial charge in [0.15, 0.2) is 11.6 Å². The molecular weight excluding hydrogens is 596 g/mol. The Kier molecular flexibility index (Phi) is 10.5. The van der Waals surface area contributed by atoms with Gasteiger partial charge in [-0.05, 0) is 73.8 Å². The van der Waals surface area contributed by atoms with Gasteiger partial charge in [0.2, 0.25) is 6.41 Å². The Morgan fingerprint density at radius 2 is 1.78 bits per heavy atom. The molecule has 1 aromatic heterocycles. The van der Waals surface area contributed by atoms with E-state index in [2.05, 4.69) is 45.2 Å². The van der Waals surface area contributed by atoms with Gasteiger partial charge in [0, 0.05) is 31.5 Å². The third kappa shape index (κ3) is 6.68. The lowest BCUT2D eigenvalue weighted by Gasteiger charge is -2.44. The maximum absolute atomic E-state index is 14.4. The molecule has 3 aromatic rings. The maximum atomic E-state index is 14.4. The van der Waals surface area contributed by atoms with Crippen molar-refractivity contribution in [1.82, 2.24) is 19.9 Å². The molecular formula is C34H37F2N5O5. The van der Waals surface area contributed by atoms with Crippen LogP contribution in [-0.4, -0.2) is 91.0 Å². The third-order valence-electron chi connectivity index (χ3n) is 8.92. The Hall–Kier alpha value is -4.55. The Morgan fingerprint density at radius 1 is 1.04 bits per heavy atom. The van der Waals surface area contributed by atoms with Gasteiger partial charge in [-0.2, -0.15) is 4.99 Å². The molecule has 1 saturated heterocycles. The van der Waals surface area contributed by atoms with Crippen molar-refractivity contribution in [3.05, 3.63) is 101 Å². The van der Waals surface area contributed by atoms with Crippen LogP contribution < -0.4 is 0 Å². The van der Waals surface area contributed by atoms with Crippen LogP contribution in [0.5, 0.6) is 0 Å². The van der Waals surface area contributed by atoms with Crippen LogP contribution in [0.2, 0.25) is 0 Å². The molecule has 10 nitrogen and oxygen atoms in total. The number of urea groups is 1. The number of pyridine rings is 1. The van der Waals surface area contributed by atoms with Gasteiger partial charge in [0.25, 0.3) is 0 Å². The number of piperidine rings is 1. The number of hydrazine groups is 1. The summed E-state index contributed by atoms with van der Waals surface area (Å²) in [5.41, 5.74) is 2.41. The largest absolute Gasteiger partial charge is 0.468 e. The molecule has 0 saturated carbocycles. The fourth-order valence-corrected chi connectivity index (χ4v) is 6.62. The Bertz CT molecular complexity index is 1510. The van der Waals surface area contributed by atoms with E-state index in [-0.39, 0.29) is 29.8 Å². The van der Waals surface area contributed by atoms with Crippen molar-refractivity contribution in [2.75, 3.05) is 47.0 Å². The molecule has 46 heavy (non-hydrogen) atoms. The number of rotatable bonds is 12. The number of halogens is 2. The van der Waals surface area contributed by atoms with E-state index in [4.69, 9.17) is 9.47 Å². The molecule has 0 spiro atoms. The minimum Gasteiger partial charge on any atom is -0.468 e. The summed E-state index contributed by atoms with van der Waals surface area (Å²) >= 11 is 0. The summed E-state index contributed by atoms with van der Waals surface area (Å²) in [5, 5.41) is 2.17. The summed E-state index contributed by atoms with van der Waals surface area (Å²) in [5.74, 6) is -4.25. The number of nitrogens with zero attached hydrogens (tertiary/aromatic N) is 5. The van der Waals surface area contributed by atoms with E-state index in [9.17, 15) is 23.2 Å². The third-order valence-corrected chi connectivity index (χ3v) is 8.92. The lowest BCUT2D eigenvalue weighted by atomic mass is 9.68. The standard InChI is InChI=1S/C34H37F2N5O5/c1-45-22-29-30(32(43)46-2)31(24-11-12-27(35)28(36)20-24)41(33(44)38-29)40(23-42)17-7-16-39-18-13-34(14-19-39,25-8-4-3-5-9-25)26-10-6-15-37-21-26/h3-6,8-12,15,20-21,23,30-31H,7,13-14,16-19,22H2,1-2H3. The number of methoxy groups -OCH3 is 2. The lowest BCUT2D eigenvalue weighted by molar-refractivity contribution is -0.150. The lowest BCUT2D eigenvalue weighted by Crippen LogP contribution is -2.55. The highest BCUT2D eigenvalue weighted by Crippen LogP contribution is 2.41. The van der Waals surface area contributed by atoms with Gasteiger partial charge in [-0.3, -0.25) is 19.6 Å². The average molecular weight is 634 g/mol. The highest BCUT2D eigenvalue weighted by atomic mass is 19.2. The van der Waals surface area contributed by atoms with Gasteiger partial charge < -0.3 is 14.4 Å². The first-order valence-electron chi connectivity index (χ1n) is 15.2. The van der Waals surface area contributed by atoms with Gasteiger partial charge in [-0.15, -0.1) is 0 Å². The van der Waals surface area contributed by atoms with E-state index < -0.39 is 35.6 Å². The normalized spacial score (nSPS) is 19.8. The number of carbonyl (C=O) groups excluding carboxylic acids is 3. The van der Waals surface area contributed by atoms with E-state index in [0.29, 0.717) is 19.4 Å². The Balaban J connectivity index is 1.33. The van der Waals surface area contributed by atoms with Gasteiger partial charge in [0.1, 0.15) is 5.92 Å². The molecule has 1 fully saturated rings. The van der Waals surface area contributed by atoms with E-state index in [1.807, 2.05) is 18.3 Å². The number of aromatic nitrogens is 1. The number of ether oxygens (including phenoxy) is 2. The molecule has 0 bridgehead atoms. The maximum Gasteiger partial charge on any atom is 0.363 e. The van der Waals surface area contributed by atoms with Crippen LogP contribution in [0.15, 0.2) is 78.0 Å². The molecule has 0 N–H and O–H groups in total. The van der Waals surface area contributed by atoms with Gasteiger partial charge in [-0.1, -0.05) is 42.5 Å². The van der Waals surface area contributed by atoms with Crippen molar-refractivity contribution in [2.24, 2.45) is 10.9 Å². The van der Waals surface area contributed by atoms with Crippen molar-refractivity contribution in [3.63, 3.8) is 0 Å². The number of likely N-dealkylation sites (tertiary alicyclic amines) is 1. The SMILES string of the molecule is COCC1=NC(=O)N(N(C=O)CCCN2CCC(c3ccccc3)(c3cccnc3)CC2)C(c2ccc(F)c(F)c2)C1C(=O)OC. The second kappa shape index (κ2) is 14.7. The quantitative estimate of drug-likeness (QED) is 0.213. The number of aliphatic imine (C=N–C) groups is 1. The predicted molar refractivity (Wildman–Crippen MR) is 166 cm³/mol. The molecule has 2 unspecified atom stereocenters. The molecule has 2 aliphatic rings. The van der Waals surface area contributed by atoms with Gasteiger partial charge in [0.05, 0.1) is 25.5 Å². The van der Waals surface area contributed by atoms with Crippen LogP contribution >= 0.6 is 0 Å². The number of benzene rings is 2. The van der Waals surface area contributed by atoms with Gasteiger partial charge in [-0.25, -0.2) is 18.6 Å². The van der Waals surface area contributed by atoms with Crippen LogP contribution in [0.4, 0.5) is 13.6 Å². The van der Waals surface area contributed by atoms with Crippen LogP contribution in [0, 0.1) is 17.6 Å². The highest BCUT2D eigenvalue weighted by molar-refractivity contribution is 6.10. The summed E-state index contributed by atoms with van der Waals surface area (Å²) in [4.78, 5) is 49.7. The minimum absolute atomic E-state index is 0.0556. The minimum atomic E-state index is -1.23.